The lowest BCUT2D eigenvalue weighted by molar-refractivity contribution is 0.618. The van der Waals surface area contributed by atoms with E-state index in [4.69, 9.17) is 10.7 Å². The second-order valence-corrected chi connectivity index (χ2v) is 4.82. The van der Waals surface area contributed by atoms with E-state index in [0.717, 1.165) is 0 Å². The van der Waals surface area contributed by atoms with Crippen molar-refractivity contribution >= 4 is 19.7 Å². The summed E-state index contributed by atoms with van der Waals surface area (Å²) in [6.45, 7) is 0. The van der Waals surface area contributed by atoms with Crippen LogP contribution in [0.4, 0.5) is 4.39 Å². The zero-order valence-corrected chi connectivity index (χ0v) is 8.57. The summed E-state index contributed by atoms with van der Waals surface area (Å²) in [6.07, 6.45) is 0.156. The van der Waals surface area contributed by atoms with E-state index >= 15 is 0 Å². The molecule has 5 heteroatoms. The van der Waals surface area contributed by atoms with E-state index in [1.807, 2.05) is 5.25 Å². The Morgan fingerprint density at radius 2 is 2.14 bits per heavy atom. The Morgan fingerprint density at radius 1 is 1.43 bits per heavy atom. The molecule has 0 bridgehead atoms. The van der Waals surface area contributed by atoms with Gasteiger partial charge in [0, 0.05) is 22.4 Å². The van der Waals surface area contributed by atoms with Gasteiger partial charge in [-0.3, -0.25) is 0 Å². The second-order valence-electron chi connectivity index (χ2n) is 2.52. The fraction of sp³-hybridized carbons (Fsp3) is 0.111. The Balaban J connectivity index is 2.75. The Labute approximate surface area is 86.1 Å². The molecule has 0 amide bonds. The van der Waals surface area contributed by atoms with Gasteiger partial charge in [0.15, 0.2) is 0 Å². The van der Waals surface area contributed by atoms with Crippen molar-refractivity contribution in [1.82, 2.24) is 0 Å². The molecule has 0 aliphatic rings. The molecule has 0 fully saturated rings. The standard InChI is InChI=1S/C9H6ClFO2S/c10-14(12,13)6-2-4-8-3-1-5-9(11)7-8/h1,3,5,7H,4H2. The van der Waals surface area contributed by atoms with Crippen molar-refractivity contribution in [2.75, 3.05) is 0 Å². The van der Waals surface area contributed by atoms with Crippen molar-refractivity contribution in [1.29, 1.82) is 0 Å². The quantitative estimate of drug-likeness (QED) is 0.548. The van der Waals surface area contributed by atoms with Crippen molar-refractivity contribution < 1.29 is 12.8 Å². The molecule has 0 unspecified atom stereocenters. The zero-order valence-electron chi connectivity index (χ0n) is 7.00. The summed E-state index contributed by atoms with van der Waals surface area (Å²) in [7, 11) is 1.07. The molecule has 0 N–H and O–H groups in total. The third-order valence-electron chi connectivity index (χ3n) is 1.38. The molecule has 0 atom stereocenters. The van der Waals surface area contributed by atoms with Crippen molar-refractivity contribution in [2.45, 2.75) is 6.42 Å². The summed E-state index contributed by atoms with van der Waals surface area (Å²) >= 11 is 0. The van der Waals surface area contributed by atoms with Crippen LogP contribution in [0.25, 0.3) is 0 Å². The fourth-order valence-corrected chi connectivity index (χ4v) is 1.28. The van der Waals surface area contributed by atoms with E-state index in [9.17, 15) is 12.8 Å². The van der Waals surface area contributed by atoms with Gasteiger partial charge in [-0.2, -0.15) is 8.42 Å². The van der Waals surface area contributed by atoms with Crippen LogP contribution in [0, 0.1) is 17.0 Å². The normalized spacial score (nSPS) is 10.4. The first-order valence-corrected chi connectivity index (χ1v) is 5.97. The fourth-order valence-electron chi connectivity index (χ4n) is 0.871. The van der Waals surface area contributed by atoms with Crippen LogP contribution in [-0.4, -0.2) is 8.42 Å². The molecule has 0 aliphatic carbocycles. The third kappa shape index (κ3) is 4.26. The number of hydrogen-bond acceptors (Lipinski definition) is 2. The van der Waals surface area contributed by atoms with Crippen molar-refractivity contribution in [3.05, 3.63) is 35.6 Å². The molecule has 0 spiro atoms. The minimum atomic E-state index is -3.79. The lowest BCUT2D eigenvalue weighted by atomic mass is 10.2. The van der Waals surface area contributed by atoms with Gasteiger partial charge >= 0.3 is 9.05 Å². The van der Waals surface area contributed by atoms with E-state index in [0.29, 0.717) is 5.56 Å². The van der Waals surface area contributed by atoms with Gasteiger partial charge in [0.05, 0.1) is 0 Å². The maximum absolute atomic E-state index is 12.6. The van der Waals surface area contributed by atoms with Crippen LogP contribution >= 0.6 is 10.7 Å². The van der Waals surface area contributed by atoms with Gasteiger partial charge in [0.1, 0.15) is 5.82 Å². The highest BCUT2D eigenvalue weighted by atomic mass is 35.7. The number of halogens is 2. The first-order chi connectivity index (χ1) is 6.47. The van der Waals surface area contributed by atoms with Gasteiger partial charge in [0.25, 0.3) is 0 Å². The molecule has 14 heavy (non-hydrogen) atoms. The Bertz CT molecular complexity index is 485. The van der Waals surface area contributed by atoms with E-state index in [2.05, 4.69) is 5.92 Å². The molecule has 0 aromatic heterocycles. The molecule has 0 heterocycles. The van der Waals surface area contributed by atoms with Gasteiger partial charge in [-0.25, -0.2) is 4.39 Å². The van der Waals surface area contributed by atoms with E-state index in [-0.39, 0.29) is 12.2 Å². The predicted octanol–water partition coefficient (Wildman–Crippen LogP) is 1.90. The maximum atomic E-state index is 12.6. The largest absolute Gasteiger partial charge is 0.300 e. The van der Waals surface area contributed by atoms with Crippen LogP contribution in [0.5, 0.6) is 0 Å². The van der Waals surface area contributed by atoms with Crippen LogP contribution in [0.3, 0.4) is 0 Å². The molecule has 0 radical (unpaired) electrons. The summed E-state index contributed by atoms with van der Waals surface area (Å²) in [5.74, 6) is 1.96. The van der Waals surface area contributed by atoms with Crippen molar-refractivity contribution in [3.63, 3.8) is 0 Å². The van der Waals surface area contributed by atoms with E-state index in [1.54, 1.807) is 6.07 Å². The molecular formula is C9H6ClFO2S. The highest BCUT2D eigenvalue weighted by molar-refractivity contribution is 8.17. The van der Waals surface area contributed by atoms with Crippen LogP contribution in [-0.2, 0) is 15.5 Å². The lowest BCUT2D eigenvalue weighted by Crippen LogP contribution is -1.85. The van der Waals surface area contributed by atoms with Crippen LogP contribution in [0.1, 0.15) is 5.56 Å². The average Bonchev–Trinajstić information content (AvgIpc) is 2.01. The molecule has 74 valence electrons. The SMILES string of the molecule is O=S(=O)(Cl)C#CCc1cccc(F)c1. The summed E-state index contributed by atoms with van der Waals surface area (Å²) in [5.41, 5.74) is 0.609. The van der Waals surface area contributed by atoms with E-state index < -0.39 is 9.05 Å². The smallest absolute Gasteiger partial charge is 0.207 e. The number of rotatable bonds is 1. The Hall–Kier alpha value is -1.05. The molecule has 1 aromatic carbocycles. The van der Waals surface area contributed by atoms with Gasteiger partial charge < -0.3 is 0 Å². The first kappa shape index (κ1) is 11.0. The third-order valence-corrected chi connectivity index (χ3v) is 2.00. The second kappa shape index (κ2) is 4.45. The molecule has 1 aromatic rings. The molecule has 0 saturated carbocycles. The van der Waals surface area contributed by atoms with Crippen molar-refractivity contribution in [3.8, 4) is 11.2 Å². The molecular weight excluding hydrogens is 227 g/mol. The molecule has 0 aliphatic heterocycles. The first-order valence-electron chi connectivity index (χ1n) is 3.66. The monoisotopic (exact) mass is 232 g/mol. The van der Waals surface area contributed by atoms with Crippen LogP contribution in [0.2, 0.25) is 0 Å². The molecule has 2 nitrogen and oxygen atoms in total. The van der Waals surface area contributed by atoms with Gasteiger partial charge in [-0.1, -0.05) is 18.1 Å². The van der Waals surface area contributed by atoms with Crippen LogP contribution in [0.15, 0.2) is 24.3 Å². The van der Waals surface area contributed by atoms with Gasteiger partial charge in [0.2, 0.25) is 0 Å². The van der Waals surface area contributed by atoms with E-state index in [1.165, 1.54) is 18.2 Å². The molecule has 1 rings (SSSR count). The topological polar surface area (TPSA) is 34.1 Å². The van der Waals surface area contributed by atoms with Gasteiger partial charge in [-0.05, 0) is 17.7 Å². The maximum Gasteiger partial charge on any atom is 0.300 e. The average molecular weight is 233 g/mol. The van der Waals surface area contributed by atoms with Crippen LogP contribution < -0.4 is 0 Å². The number of hydrogen-bond donors (Lipinski definition) is 0. The molecule has 0 saturated heterocycles. The Morgan fingerprint density at radius 3 is 2.71 bits per heavy atom. The highest BCUT2D eigenvalue weighted by Crippen LogP contribution is 2.03. The zero-order chi connectivity index (χ0) is 10.6. The minimum absolute atomic E-state index is 0.156. The van der Waals surface area contributed by atoms with Gasteiger partial charge in [-0.15, -0.1) is 0 Å². The minimum Gasteiger partial charge on any atom is -0.207 e. The highest BCUT2D eigenvalue weighted by Gasteiger charge is 1.96. The lowest BCUT2D eigenvalue weighted by Gasteiger charge is -1.93. The Kier molecular flexibility index (Phi) is 3.50. The summed E-state index contributed by atoms with van der Waals surface area (Å²) in [5, 5.41) is 1.86. The summed E-state index contributed by atoms with van der Waals surface area (Å²) < 4.78 is 33.4. The van der Waals surface area contributed by atoms with Crippen molar-refractivity contribution in [2.24, 2.45) is 0 Å². The summed E-state index contributed by atoms with van der Waals surface area (Å²) in [4.78, 5) is 0. The summed E-state index contributed by atoms with van der Waals surface area (Å²) in [6, 6.07) is 5.77. The number of benzene rings is 1. The predicted molar refractivity (Wildman–Crippen MR) is 52.7 cm³/mol.